The second-order valence-electron chi connectivity index (χ2n) is 7.34. The molecule has 0 saturated carbocycles. The third-order valence-electron chi connectivity index (χ3n) is 5.17. The third kappa shape index (κ3) is 4.61. The predicted octanol–water partition coefficient (Wildman–Crippen LogP) is 4.35. The summed E-state index contributed by atoms with van der Waals surface area (Å²) in [5, 5.41) is 0.116. The van der Waals surface area contributed by atoms with Crippen molar-refractivity contribution in [3.05, 3.63) is 67.0 Å². The molecule has 0 unspecified atom stereocenters. The van der Waals surface area contributed by atoms with E-state index in [1.165, 1.54) is 43.2 Å². The van der Waals surface area contributed by atoms with Crippen molar-refractivity contribution < 1.29 is 26.3 Å². The molecule has 0 bridgehead atoms. The molecule has 35 heavy (non-hydrogen) atoms. The fraction of sp³-hybridized carbons (Fsp3) is 0.143. The van der Waals surface area contributed by atoms with Crippen LogP contribution in [-0.2, 0) is 16.2 Å². The summed E-state index contributed by atoms with van der Waals surface area (Å²) in [6.45, 7) is 0.514. The lowest BCUT2D eigenvalue weighted by molar-refractivity contribution is -0.137. The van der Waals surface area contributed by atoms with Crippen molar-refractivity contribution in [3.63, 3.8) is 0 Å². The maximum Gasteiger partial charge on any atom is 0.416 e. The lowest BCUT2D eigenvalue weighted by Gasteiger charge is -2.33. The van der Waals surface area contributed by atoms with E-state index in [4.69, 9.17) is 4.74 Å². The molecule has 1 aliphatic heterocycles. The molecular weight excluding hydrogens is 505 g/mol. The molecule has 2 aromatic carbocycles. The van der Waals surface area contributed by atoms with E-state index < -0.39 is 21.8 Å². The van der Waals surface area contributed by atoms with E-state index in [2.05, 4.69) is 24.0 Å². The third-order valence-corrected chi connectivity index (χ3v) is 7.22. The molecule has 14 heteroatoms. The van der Waals surface area contributed by atoms with E-state index in [1.807, 2.05) is 0 Å². The number of benzene rings is 2. The second kappa shape index (κ2) is 8.78. The minimum absolute atomic E-state index is 0.0580. The summed E-state index contributed by atoms with van der Waals surface area (Å²) in [7, 11) is -3.95. The molecule has 0 spiro atoms. The monoisotopic (exact) mass is 520 g/mol. The van der Waals surface area contributed by atoms with Gasteiger partial charge in [0.2, 0.25) is 5.13 Å². The molecule has 5 rings (SSSR count). The smallest absolute Gasteiger partial charge is 0.416 e. The van der Waals surface area contributed by atoms with E-state index in [1.54, 1.807) is 11.0 Å². The maximum absolute atomic E-state index is 13.5. The van der Waals surface area contributed by atoms with Gasteiger partial charge in [0.25, 0.3) is 10.0 Å². The first-order chi connectivity index (χ1) is 16.7. The van der Waals surface area contributed by atoms with Gasteiger partial charge in [-0.2, -0.15) is 17.5 Å². The van der Waals surface area contributed by atoms with Crippen molar-refractivity contribution in [3.8, 4) is 16.9 Å². The topological polar surface area (TPSA) is 110 Å². The fourth-order valence-corrected chi connectivity index (χ4v) is 5.30. The fourth-order valence-electron chi connectivity index (χ4n) is 3.63. The summed E-state index contributed by atoms with van der Waals surface area (Å²) in [6, 6.07) is 7.73. The average molecular weight is 521 g/mol. The van der Waals surface area contributed by atoms with Crippen LogP contribution >= 0.6 is 11.5 Å². The van der Waals surface area contributed by atoms with E-state index in [0.717, 1.165) is 23.7 Å². The van der Waals surface area contributed by atoms with Gasteiger partial charge >= 0.3 is 6.18 Å². The Balaban J connectivity index is 1.57. The van der Waals surface area contributed by atoms with Crippen LogP contribution in [0.1, 0.15) is 5.56 Å². The summed E-state index contributed by atoms with van der Waals surface area (Å²) in [4.78, 5) is 13.4. The van der Waals surface area contributed by atoms with Crippen LogP contribution in [0.15, 0.2) is 66.3 Å². The van der Waals surface area contributed by atoms with Crippen LogP contribution in [-0.4, -0.2) is 40.9 Å². The molecule has 0 saturated heterocycles. The van der Waals surface area contributed by atoms with E-state index in [9.17, 15) is 21.6 Å². The largest absolute Gasteiger partial charge is 0.489 e. The van der Waals surface area contributed by atoms with Crippen molar-refractivity contribution in [2.45, 2.75) is 11.1 Å². The zero-order valence-electron chi connectivity index (χ0n) is 17.6. The Bertz CT molecular complexity index is 1470. The zero-order valence-corrected chi connectivity index (χ0v) is 19.2. The first kappa shape index (κ1) is 23.0. The van der Waals surface area contributed by atoms with Crippen LogP contribution in [0.5, 0.6) is 5.75 Å². The molecule has 1 aliphatic rings. The van der Waals surface area contributed by atoms with Gasteiger partial charge in [0.15, 0.2) is 0 Å². The number of anilines is 3. The predicted molar refractivity (Wildman–Crippen MR) is 122 cm³/mol. The Labute approximate surface area is 201 Å². The van der Waals surface area contributed by atoms with Gasteiger partial charge in [-0.3, -0.25) is 4.72 Å². The van der Waals surface area contributed by atoms with Gasteiger partial charge in [-0.1, -0.05) is 0 Å². The maximum atomic E-state index is 13.5. The quantitative estimate of drug-likeness (QED) is 0.414. The first-order valence-corrected chi connectivity index (χ1v) is 12.3. The Hall–Kier alpha value is -3.78. The second-order valence-corrected chi connectivity index (χ2v) is 9.80. The van der Waals surface area contributed by atoms with Crippen LogP contribution in [0.4, 0.5) is 29.7 Å². The number of hydrogen-bond acceptors (Lipinski definition) is 9. The van der Waals surface area contributed by atoms with Gasteiger partial charge in [-0.15, -0.1) is 0 Å². The van der Waals surface area contributed by atoms with Gasteiger partial charge in [0.05, 0.1) is 22.7 Å². The van der Waals surface area contributed by atoms with Gasteiger partial charge in [0, 0.05) is 46.8 Å². The molecule has 1 N–H and O–H groups in total. The number of rotatable bonds is 5. The lowest BCUT2D eigenvalue weighted by Crippen LogP contribution is -2.29. The van der Waals surface area contributed by atoms with Crippen LogP contribution in [0.2, 0.25) is 0 Å². The molecule has 9 nitrogen and oxygen atoms in total. The summed E-state index contributed by atoms with van der Waals surface area (Å²) in [5.41, 5.74) is 0.853. The van der Waals surface area contributed by atoms with Gasteiger partial charge in [0.1, 0.15) is 25.0 Å². The van der Waals surface area contributed by atoms with E-state index in [-0.39, 0.29) is 27.9 Å². The molecular formula is C21H15F3N6O3S2. The summed E-state index contributed by atoms with van der Waals surface area (Å²) in [5.74, 6) is 0.270. The Morgan fingerprint density at radius 1 is 1.03 bits per heavy atom. The summed E-state index contributed by atoms with van der Waals surface area (Å²) in [6.07, 6.45) is 0.855. The Kier molecular flexibility index (Phi) is 5.76. The molecule has 4 aromatic rings. The number of fused-ring (bicyclic) bond motifs is 1. The molecule has 0 aliphatic carbocycles. The molecule has 0 radical (unpaired) electrons. The van der Waals surface area contributed by atoms with Crippen molar-refractivity contribution >= 4 is 38.1 Å². The average Bonchev–Trinajstić information content (AvgIpc) is 3.35. The van der Waals surface area contributed by atoms with Gasteiger partial charge < -0.3 is 9.64 Å². The standard InChI is InChI=1S/C21H15F3N6O3S2/c22-21(23,24)14-1-3-17(16(7-14)13-9-25-11-26-10-13)30-5-6-33-19-8-15(2-4-18(19)30)35(31,32)29-20-27-12-28-34-20/h1-4,7-12H,5-6H2,(H,27,28,29). The molecule has 180 valence electrons. The molecule has 0 fully saturated rings. The van der Waals surface area contributed by atoms with Gasteiger partial charge in [-0.05, 0) is 30.3 Å². The minimum Gasteiger partial charge on any atom is -0.489 e. The van der Waals surface area contributed by atoms with E-state index >= 15 is 0 Å². The number of nitrogens with zero attached hydrogens (tertiary/aromatic N) is 5. The highest BCUT2D eigenvalue weighted by Gasteiger charge is 2.32. The van der Waals surface area contributed by atoms with Gasteiger partial charge in [-0.25, -0.2) is 23.4 Å². The number of hydrogen-bond donors (Lipinski definition) is 1. The number of nitrogens with one attached hydrogen (secondary N) is 1. The van der Waals surface area contributed by atoms with Crippen LogP contribution in [0.25, 0.3) is 11.1 Å². The van der Waals surface area contributed by atoms with Crippen molar-refractivity contribution in [1.82, 2.24) is 19.3 Å². The molecule has 0 atom stereocenters. The Morgan fingerprint density at radius 2 is 1.80 bits per heavy atom. The lowest BCUT2D eigenvalue weighted by atomic mass is 10.0. The van der Waals surface area contributed by atoms with Crippen LogP contribution < -0.4 is 14.4 Å². The van der Waals surface area contributed by atoms with Crippen molar-refractivity contribution in [1.29, 1.82) is 0 Å². The normalized spacial score (nSPS) is 13.7. The first-order valence-electron chi connectivity index (χ1n) is 10.0. The highest BCUT2D eigenvalue weighted by Crippen LogP contribution is 2.43. The van der Waals surface area contributed by atoms with Crippen LogP contribution in [0, 0.1) is 0 Å². The number of halogens is 3. The van der Waals surface area contributed by atoms with Crippen molar-refractivity contribution in [2.24, 2.45) is 0 Å². The SMILES string of the molecule is O=S(=O)(Nc1ncns1)c1ccc2c(c1)OCCN2c1ccc(C(F)(F)F)cc1-c1cncnc1. The highest BCUT2D eigenvalue weighted by atomic mass is 32.2. The number of ether oxygens (including phenoxy) is 1. The number of alkyl halides is 3. The summed E-state index contributed by atoms with van der Waals surface area (Å²) < 4.78 is 77.7. The Morgan fingerprint density at radius 3 is 2.51 bits per heavy atom. The highest BCUT2D eigenvalue weighted by molar-refractivity contribution is 7.93. The number of sulfonamides is 1. The zero-order chi connectivity index (χ0) is 24.6. The molecule has 2 aromatic heterocycles. The van der Waals surface area contributed by atoms with Crippen molar-refractivity contribution in [2.75, 3.05) is 22.8 Å². The van der Waals surface area contributed by atoms with Crippen LogP contribution in [0.3, 0.4) is 0 Å². The summed E-state index contributed by atoms with van der Waals surface area (Å²) >= 11 is 0.892. The van der Waals surface area contributed by atoms with E-state index in [0.29, 0.717) is 23.5 Å². The minimum atomic E-state index is -4.53. The number of aromatic nitrogens is 4. The molecule has 3 heterocycles. The molecule has 0 amide bonds.